The third-order valence-electron chi connectivity index (χ3n) is 4.05. The zero-order valence-electron chi connectivity index (χ0n) is 13.1. The van der Waals surface area contributed by atoms with E-state index < -0.39 is 11.7 Å². The van der Waals surface area contributed by atoms with E-state index in [1.54, 1.807) is 4.57 Å². The molecule has 5 nitrogen and oxygen atoms in total. The molecule has 1 aromatic heterocycles. The van der Waals surface area contributed by atoms with Crippen LogP contribution in [-0.2, 0) is 13.0 Å². The molecule has 126 valence electrons. The van der Waals surface area contributed by atoms with E-state index in [9.17, 15) is 14.0 Å². The normalized spacial score (nSPS) is 13.3. The molecule has 1 aliphatic heterocycles. The lowest BCUT2D eigenvalue weighted by Crippen LogP contribution is -2.30. The first-order chi connectivity index (χ1) is 11.5. The molecule has 0 unspecified atom stereocenters. The topological polar surface area (TPSA) is 60.3 Å². The van der Waals surface area contributed by atoms with E-state index in [2.05, 4.69) is 5.32 Å². The maximum absolute atomic E-state index is 13.9. The summed E-state index contributed by atoms with van der Waals surface area (Å²) < 4.78 is 20.7. The number of ether oxygens (including phenoxy) is 1. The molecule has 1 aromatic carbocycles. The Kier molecular flexibility index (Phi) is 4.57. The molecule has 2 heterocycles. The second-order valence-electron chi connectivity index (χ2n) is 5.56. The number of carbonyl (C=O) groups is 1. The van der Waals surface area contributed by atoms with Crippen molar-refractivity contribution in [2.45, 2.75) is 25.8 Å². The van der Waals surface area contributed by atoms with Gasteiger partial charge in [-0.3, -0.25) is 9.59 Å². The van der Waals surface area contributed by atoms with Crippen molar-refractivity contribution in [3.05, 3.63) is 56.7 Å². The van der Waals surface area contributed by atoms with Gasteiger partial charge in [0, 0.05) is 23.3 Å². The molecule has 1 aliphatic rings. The number of nitrogens with one attached hydrogen (secondary N) is 1. The molecule has 7 heteroatoms. The highest BCUT2D eigenvalue weighted by atomic mass is 35.5. The highest BCUT2D eigenvalue weighted by Crippen LogP contribution is 2.27. The third-order valence-corrected chi connectivity index (χ3v) is 4.29. The predicted octanol–water partition coefficient (Wildman–Crippen LogP) is 3.24. The summed E-state index contributed by atoms with van der Waals surface area (Å²) in [7, 11) is 1.39. The Morgan fingerprint density at radius 3 is 2.88 bits per heavy atom. The molecule has 0 saturated heterocycles. The molecule has 0 spiro atoms. The van der Waals surface area contributed by atoms with E-state index in [4.69, 9.17) is 16.3 Å². The number of hydrogen-bond donors (Lipinski definition) is 1. The van der Waals surface area contributed by atoms with Crippen LogP contribution in [0.3, 0.4) is 0 Å². The van der Waals surface area contributed by atoms with Crippen molar-refractivity contribution in [2.75, 3.05) is 12.4 Å². The Hall–Kier alpha value is -2.34. The number of amides is 1. The lowest BCUT2D eigenvalue weighted by Gasteiger charge is -2.22. The summed E-state index contributed by atoms with van der Waals surface area (Å²) in [5.74, 6) is -0.930. The number of fused-ring (bicyclic) bond motifs is 1. The highest BCUT2D eigenvalue weighted by Gasteiger charge is 2.24. The third kappa shape index (κ3) is 3.01. The number of methoxy groups -OCH3 is 1. The summed E-state index contributed by atoms with van der Waals surface area (Å²) in [6.07, 6.45) is 2.34. The monoisotopic (exact) mass is 350 g/mol. The fourth-order valence-corrected chi connectivity index (χ4v) is 3.09. The maximum Gasteiger partial charge on any atom is 0.261 e. The Morgan fingerprint density at radius 2 is 2.12 bits per heavy atom. The number of aromatic nitrogens is 1. The largest absolute Gasteiger partial charge is 0.496 e. The van der Waals surface area contributed by atoms with Gasteiger partial charge in [-0.1, -0.05) is 11.6 Å². The molecule has 3 rings (SSSR count). The summed E-state index contributed by atoms with van der Waals surface area (Å²) in [6, 6.07) is 5.21. The second kappa shape index (κ2) is 6.65. The summed E-state index contributed by atoms with van der Waals surface area (Å²) in [5, 5.41) is 2.83. The van der Waals surface area contributed by atoms with E-state index in [0.29, 0.717) is 23.7 Å². The minimum absolute atomic E-state index is 0.0182. The van der Waals surface area contributed by atoms with Gasteiger partial charge in [-0.2, -0.15) is 0 Å². The molecular weight excluding hydrogens is 335 g/mol. The van der Waals surface area contributed by atoms with Crippen LogP contribution >= 0.6 is 11.6 Å². The van der Waals surface area contributed by atoms with Crippen molar-refractivity contribution in [1.82, 2.24) is 4.57 Å². The van der Waals surface area contributed by atoms with Crippen LogP contribution in [-0.4, -0.2) is 17.6 Å². The molecule has 2 aromatic rings. The summed E-state index contributed by atoms with van der Waals surface area (Å²) in [5.41, 5.74) is 0.657. The van der Waals surface area contributed by atoms with Crippen LogP contribution in [0.4, 0.5) is 10.1 Å². The molecule has 0 atom stereocenters. The molecule has 0 aliphatic carbocycles. The summed E-state index contributed by atoms with van der Waals surface area (Å²) >= 11 is 5.85. The van der Waals surface area contributed by atoms with Gasteiger partial charge in [0.05, 0.1) is 12.8 Å². The van der Waals surface area contributed by atoms with Crippen LogP contribution in [0.2, 0.25) is 5.02 Å². The lowest BCUT2D eigenvalue weighted by molar-refractivity contribution is 0.102. The number of anilines is 1. The van der Waals surface area contributed by atoms with Gasteiger partial charge in [0.1, 0.15) is 17.1 Å². The standard InChI is InChI=1S/C17H16ClFN2O3/c1-24-14-9-15(22)21-7-3-2-4-13(21)16(14)17(23)20-12-8-10(18)5-6-11(12)19/h5-6,8-9H,2-4,7H2,1H3,(H,20,23). The van der Waals surface area contributed by atoms with Crippen LogP contribution < -0.4 is 15.6 Å². The fraction of sp³-hybridized carbons (Fsp3) is 0.294. The first-order valence-electron chi connectivity index (χ1n) is 7.58. The van der Waals surface area contributed by atoms with Gasteiger partial charge in [-0.05, 0) is 37.5 Å². The van der Waals surface area contributed by atoms with Crippen molar-refractivity contribution in [1.29, 1.82) is 0 Å². The van der Waals surface area contributed by atoms with Crippen molar-refractivity contribution in [2.24, 2.45) is 0 Å². The molecule has 1 N–H and O–H groups in total. The number of hydrogen-bond acceptors (Lipinski definition) is 3. The Balaban J connectivity index is 2.06. The number of nitrogens with zero attached hydrogens (tertiary/aromatic N) is 1. The average molecular weight is 351 g/mol. The van der Waals surface area contributed by atoms with E-state index in [0.717, 1.165) is 12.8 Å². The summed E-state index contributed by atoms with van der Waals surface area (Å²) in [6.45, 7) is 0.559. The number of rotatable bonds is 3. The molecular formula is C17H16ClFN2O3. The first-order valence-corrected chi connectivity index (χ1v) is 7.96. The first kappa shape index (κ1) is 16.5. The Labute approximate surface area is 143 Å². The quantitative estimate of drug-likeness (QED) is 0.924. The summed E-state index contributed by atoms with van der Waals surface area (Å²) in [4.78, 5) is 24.9. The van der Waals surface area contributed by atoms with Crippen LogP contribution in [0.5, 0.6) is 5.75 Å². The van der Waals surface area contributed by atoms with Gasteiger partial charge in [0.15, 0.2) is 0 Å². The van der Waals surface area contributed by atoms with Gasteiger partial charge in [0.2, 0.25) is 0 Å². The van der Waals surface area contributed by atoms with Crippen LogP contribution in [0.1, 0.15) is 28.9 Å². The van der Waals surface area contributed by atoms with Gasteiger partial charge >= 0.3 is 0 Å². The molecule has 1 amide bonds. The van der Waals surface area contributed by atoms with Crippen molar-refractivity contribution in [3.63, 3.8) is 0 Å². The zero-order valence-corrected chi connectivity index (χ0v) is 13.8. The van der Waals surface area contributed by atoms with Crippen LogP contribution in [0, 0.1) is 5.82 Å². The minimum Gasteiger partial charge on any atom is -0.496 e. The zero-order chi connectivity index (χ0) is 17.3. The molecule has 0 fully saturated rings. The predicted molar refractivity (Wildman–Crippen MR) is 89.6 cm³/mol. The van der Waals surface area contributed by atoms with Crippen molar-refractivity contribution in [3.8, 4) is 5.75 Å². The second-order valence-corrected chi connectivity index (χ2v) is 6.00. The van der Waals surface area contributed by atoms with Gasteiger partial charge in [0.25, 0.3) is 11.5 Å². The lowest BCUT2D eigenvalue weighted by atomic mass is 10.0. The van der Waals surface area contributed by atoms with E-state index in [1.807, 2.05) is 0 Å². The van der Waals surface area contributed by atoms with Gasteiger partial charge in [-0.15, -0.1) is 0 Å². The van der Waals surface area contributed by atoms with E-state index in [-0.39, 0.29) is 22.6 Å². The van der Waals surface area contributed by atoms with Crippen LogP contribution in [0.25, 0.3) is 0 Å². The SMILES string of the molecule is COc1cc(=O)n2c(c1C(=O)Nc1cc(Cl)ccc1F)CCCC2. The van der Waals surface area contributed by atoms with Gasteiger partial charge in [-0.25, -0.2) is 4.39 Å². The van der Waals surface area contributed by atoms with E-state index >= 15 is 0 Å². The number of carbonyl (C=O) groups excluding carboxylic acids is 1. The van der Waals surface area contributed by atoms with E-state index in [1.165, 1.54) is 31.4 Å². The number of halogens is 2. The Bertz CT molecular complexity index is 864. The average Bonchev–Trinajstić information content (AvgIpc) is 2.58. The van der Waals surface area contributed by atoms with Crippen molar-refractivity contribution >= 4 is 23.2 Å². The Morgan fingerprint density at radius 1 is 1.33 bits per heavy atom. The van der Waals surface area contributed by atoms with Crippen molar-refractivity contribution < 1.29 is 13.9 Å². The smallest absolute Gasteiger partial charge is 0.261 e. The number of benzene rings is 1. The molecule has 0 bridgehead atoms. The molecule has 24 heavy (non-hydrogen) atoms. The van der Waals surface area contributed by atoms with Gasteiger partial charge < -0.3 is 14.6 Å². The number of pyridine rings is 1. The minimum atomic E-state index is -0.589. The molecule has 0 saturated carbocycles. The molecule has 0 radical (unpaired) electrons. The fourth-order valence-electron chi connectivity index (χ4n) is 2.92. The van der Waals surface area contributed by atoms with Crippen LogP contribution in [0.15, 0.2) is 29.1 Å². The maximum atomic E-state index is 13.9. The highest BCUT2D eigenvalue weighted by molar-refractivity contribution is 6.31.